The summed E-state index contributed by atoms with van der Waals surface area (Å²) in [6.07, 6.45) is 0. The molecule has 13 nitrogen and oxygen atoms in total. The predicted octanol–water partition coefficient (Wildman–Crippen LogP) is -12.1. The second-order valence-corrected chi connectivity index (χ2v) is 0.346. The van der Waals surface area contributed by atoms with Crippen LogP contribution in [0.4, 0.5) is 0 Å². The van der Waals surface area contributed by atoms with Crippen LogP contribution < -0.4 is 0 Å². The Bertz CT molecular complexity index is 20.6. The van der Waals surface area contributed by atoms with Crippen molar-refractivity contribution < 1.29 is 69.8 Å². The molecule has 0 aliphatic carbocycles. The molecule has 0 spiro atoms. The van der Waals surface area contributed by atoms with Gasteiger partial charge in [0.05, 0.1) is 0 Å². The average Bonchev–Trinajstić information content (AvgIpc) is 0.811. The molecule has 112 valence electrons. The fourth-order valence-electron chi connectivity index (χ4n) is 0. The van der Waals surface area contributed by atoms with Gasteiger partial charge in [-0.3, -0.25) is 0 Å². The molecule has 0 aromatic rings. The second-order valence-electron chi connectivity index (χ2n) is 0.346. The average molecular weight is 310 g/mol. The van der Waals surface area contributed by atoms with E-state index in [1.807, 2.05) is 0 Å². The summed E-state index contributed by atoms with van der Waals surface area (Å²) >= 11 is 0. The first-order valence-corrected chi connectivity index (χ1v) is 0.775. The largest absolute Gasteiger partial charge is 0.316 e. The molecule has 0 saturated carbocycles. The van der Waals surface area contributed by atoms with Crippen LogP contribution in [0.5, 0.6) is 0 Å². The quantitative estimate of drug-likeness (QED) is 0.366. The van der Waals surface area contributed by atoms with Gasteiger partial charge in [0, 0.05) is 0 Å². The Balaban J connectivity index is -0.000000000682. The summed E-state index contributed by atoms with van der Waals surface area (Å²) in [5.74, 6) is 0. The fourth-order valence-corrected chi connectivity index (χ4v) is 0. The molecule has 0 aromatic carbocycles. The van der Waals surface area contributed by atoms with E-state index in [0.29, 0.717) is 0 Å². The predicted molar refractivity (Wildman–Crippen MR) is 65.6 cm³/mol. The molecule has 0 aromatic heterocycles. The van der Waals surface area contributed by atoms with Crippen LogP contribution in [0.25, 0.3) is 0 Å². The first kappa shape index (κ1) is 231. The molecule has 0 heterocycles. The SMILES string of the molecule is O.O.O.O.O.O.O.O.O.O.OB(O)O.[CaH2].[MgH2]. The van der Waals surface area contributed by atoms with Crippen LogP contribution in [-0.4, -0.2) is 138 Å². The zero-order valence-corrected chi connectivity index (χ0v) is 6.92. The van der Waals surface area contributed by atoms with Crippen molar-refractivity contribution in [1.82, 2.24) is 0 Å². The Morgan fingerprint density at radius 2 is 0.438 bits per heavy atom. The fraction of sp³-hybridized carbons (Fsp3) is 0. The van der Waals surface area contributed by atoms with Crippen LogP contribution in [0.15, 0.2) is 0 Å². The topological polar surface area (TPSA) is 376 Å². The van der Waals surface area contributed by atoms with E-state index in [1.165, 1.54) is 0 Å². The van der Waals surface area contributed by atoms with Gasteiger partial charge < -0.3 is 69.8 Å². The molecule has 16 heavy (non-hydrogen) atoms. The van der Waals surface area contributed by atoms with Gasteiger partial charge in [-0.25, -0.2) is 0 Å². The molecule has 0 unspecified atom stereocenters. The minimum Gasteiger partial charge on any atom is 0.316 e. The van der Waals surface area contributed by atoms with Crippen LogP contribution in [0.1, 0.15) is 0 Å². The van der Waals surface area contributed by atoms with E-state index in [9.17, 15) is 0 Å². The van der Waals surface area contributed by atoms with Gasteiger partial charge in [0.15, 0.2) is 0 Å². The summed E-state index contributed by atoms with van der Waals surface area (Å²) in [5.41, 5.74) is 0. The molecular formula is H27BCaMgO13. The molecule has 16 heteroatoms. The molecule has 0 aliphatic heterocycles. The molecular weight excluding hydrogens is 283 g/mol. The molecule has 23 N–H and O–H groups in total. The van der Waals surface area contributed by atoms with Crippen LogP contribution in [-0.2, 0) is 0 Å². The van der Waals surface area contributed by atoms with Gasteiger partial charge in [-0.05, 0) is 0 Å². The van der Waals surface area contributed by atoms with E-state index < -0.39 is 7.32 Å². The monoisotopic (exact) mass is 310 g/mol. The van der Waals surface area contributed by atoms with Crippen LogP contribution >= 0.6 is 0 Å². The number of hydrogen-bond acceptors (Lipinski definition) is 3. The van der Waals surface area contributed by atoms with E-state index in [0.717, 1.165) is 0 Å². The second kappa shape index (κ2) is 192. The zero-order chi connectivity index (χ0) is 3.58. The standard InChI is InChI=1S/BH3O3.Ca.Mg.10H2O.4H/c2-1(3)4;;;;;;;;;;;;;;;;/h2-4H;;;10*1H2;;;;. The summed E-state index contributed by atoms with van der Waals surface area (Å²) in [7, 11) is -2.17. The molecule has 0 bridgehead atoms. The van der Waals surface area contributed by atoms with Crippen LogP contribution in [0.3, 0.4) is 0 Å². The Morgan fingerprint density at radius 3 is 0.438 bits per heavy atom. The minimum atomic E-state index is -2.17. The summed E-state index contributed by atoms with van der Waals surface area (Å²) < 4.78 is 0. The zero-order valence-electron chi connectivity index (χ0n) is 6.92. The van der Waals surface area contributed by atoms with Crippen molar-refractivity contribution >= 4 is 68.1 Å². The Kier molecular flexibility index (Phi) is 2780. The maximum Gasteiger partial charge on any atom is 0.316 e. The third-order valence-corrected chi connectivity index (χ3v) is 0. The van der Waals surface area contributed by atoms with Gasteiger partial charge in [0.1, 0.15) is 0 Å². The number of hydrogen-bond donors (Lipinski definition) is 3. The van der Waals surface area contributed by atoms with Crippen LogP contribution in [0, 0.1) is 0 Å². The van der Waals surface area contributed by atoms with E-state index in [1.54, 1.807) is 0 Å². The van der Waals surface area contributed by atoms with Crippen molar-refractivity contribution in [2.24, 2.45) is 0 Å². The van der Waals surface area contributed by atoms with Crippen molar-refractivity contribution in [2.45, 2.75) is 0 Å². The molecule has 0 radical (unpaired) electrons. The Morgan fingerprint density at radius 1 is 0.438 bits per heavy atom. The smallest absolute Gasteiger partial charge is 0.316 e. The summed E-state index contributed by atoms with van der Waals surface area (Å²) in [6, 6.07) is 0. The van der Waals surface area contributed by atoms with Crippen molar-refractivity contribution in [2.75, 3.05) is 0 Å². The first-order valence-electron chi connectivity index (χ1n) is 0.775. The molecule has 0 fully saturated rings. The summed E-state index contributed by atoms with van der Waals surface area (Å²) in [5, 5.41) is 21.5. The molecule has 0 rings (SSSR count). The van der Waals surface area contributed by atoms with Crippen molar-refractivity contribution in [3.05, 3.63) is 0 Å². The van der Waals surface area contributed by atoms with Crippen molar-refractivity contribution in [3.63, 3.8) is 0 Å². The summed E-state index contributed by atoms with van der Waals surface area (Å²) in [6.45, 7) is 0. The van der Waals surface area contributed by atoms with Crippen molar-refractivity contribution in [1.29, 1.82) is 0 Å². The molecule has 0 amide bonds. The van der Waals surface area contributed by atoms with E-state index in [2.05, 4.69) is 0 Å². The Labute approximate surface area is 137 Å². The third kappa shape index (κ3) is 1340. The van der Waals surface area contributed by atoms with Gasteiger partial charge in [0.25, 0.3) is 0 Å². The normalized spacial score (nSPS) is 1.69. The van der Waals surface area contributed by atoms with Crippen LogP contribution in [0.2, 0.25) is 0 Å². The van der Waals surface area contributed by atoms with Gasteiger partial charge in [-0.15, -0.1) is 0 Å². The van der Waals surface area contributed by atoms with Gasteiger partial charge in [-0.2, -0.15) is 0 Å². The Hall–Kier alpha value is 1.57. The van der Waals surface area contributed by atoms with E-state index >= 15 is 0 Å². The molecule has 0 aliphatic rings. The van der Waals surface area contributed by atoms with E-state index in [-0.39, 0.29) is 116 Å². The van der Waals surface area contributed by atoms with Gasteiger partial charge in [-0.1, -0.05) is 0 Å². The van der Waals surface area contributed by atoms with E-state index in [4.69, 9.17) is 15.1 Å². The minimum absolute atomic E-state index is 0. The van der Waals surface area contributed by atoms with Gasteiger partial charge in [0.2, 0.25) is 0 Å². The van der Waals surface area contributed by atoms with Crippen molar-refractivity contribution in [3.8, 4) is 0 Å². The first-order chi connectivity index (χ1) is 1.73. The van der Waals surface area contributed by atoms with Gasteiger partial charge >= 0.3 is 68.1 Å². The molecule has 0 saturated heterocycles. The maximum absolute atomic E-state index is 7.17. The number of rotatable bonds is 0. The summed E-state index contributed by atoms with van der Waals surface area (Å²) in [4.78, 5) is 0. The molecule has 0 atom stereocenters. The maximum atomic E-state index is 7.17. The third-order valence-electron chi connectivity index (χ3n) is 0.